The van der Waals surface area contributed by atoms with Gasteiger partial charge in [0.15, 0.2) is 0 Å². The molecule has 1 saturated heterocycles. The van der Waals surface area contributed by atoms with Gasteiger partial charge in [-0.3, -0.25) is 14.9 Å². The summed E-state index contributed by atoms with van der Waals surface area (Å²) in [6, 6.07) is 4.52. The van der Waals surface area contributed by atoms with Gasteiger partial charge in [0.1, 0.15) is 5.75 Å². The topological polar surface area (TPSA) is 72.7 Å². The Bertz CT molecular complexity index is 543. The molecule has 102 valence electrons. The summed E-state index contributed by atoms with van der Waals surface area (Å²) in [5.74, 6) is 0.424. The lowest BCUT2D eigenvalue weighted by Gasteiger charge is -2.22. The van der Waals surface area contributed by atoms with Crippen LogP contribution < -0.4 is 4.74 Å². The van der Waals surface area contributed by atoms with E-state index in [1.807, 2.05) is 0 Å². The first kappa shape index (κ1) is 13.3. The highest BCUT2D eigenvalue weighted by atomic mass is 16.6. The number of rotatable bonds is 3. The van der Waals surface area contributed by atoms with Crippen LogP contribution in [0.3, 0.4) is 0 Å². The second-order valence-electron chi connectivity index (χ2n) is 4.95. The van der Waals surface area contributed by atoms with E-state index in [-0.39, 0.29) is 11.6 Å². The highest BCUT2D eigenvalue weighted by molar-refractivity contribution is 5.91. The SMILES string of the molecule is COc1ccc([N+](=O)[O-])c([C@@]2(C)CCN(C)C2=O)c1. The van der Waals surface area contributed by atoms with Crippen molar-refractivity contribution in [1.29, 1.82) is 0 Å². The van der Waals surface area contributed by atoms with Gasteiger partial charge in [-0.1, -0.05) is 0 Å². The first-order chi connectivity index (χ1) is 8.90. The number of likely N-dealkylation sites (N-methyl/N-ethyl adjacent to an activating group) is 1. The molecule has 0 aromatic heterocycles. The van der Waals surface area contributed by atoms with Crippen molar-refractivity contribution in [2.45, 2.75) is 18.8 Å². The molecule has 0 radical (unpaired) electrons. The van der Waals surface area contributed by atoms with E-state index in [0.717, 1.165) is 0 Å². The standard InChI is InChI=1S/C13H16N2O4/c1-13(6-7-14(2)12(13)16)10-8-9(19-3)4-5-11(10)15(17)18/h4-5,8H,6-7H2,1-3H3/t13-/m1/s1. The molecule has 6 heteroatoms. The van der Waals surface area contributed by atoms with Crippen LogP contribution in [-0.2, 0) is 10.2 Å². The number of nitro groups is 1. The number of hydrogen-bond acceptors (Lipinski definition) is 4. The second-order valence-corrected chi connectivity index (χ2v) is 4.95. The van der Waals surface area contributed by atoms with Crippen LogP contribution in [0.4, 0.5) is 5.69 Å². The average Bonchev–Trinajstić information content (AvgIpc) is 2.67. The summed E-state index contributed by atoms with van der Waals surface area (Å²) in [4.78, 5) is 24.6. The van der Waals surface area contributed by atoms with Crippen LogP contribution in [0.25, 0.3) is 0 Å². The van der Waals surface area contributed by atoms with E-state index in [1.54, 1.807) is 24.9 Å². The minimum atomic E-state index is -0.855. The normalized spacial score (nSPS) is 22.7. The fourth-order valence-corrected chi connectivity index (χ4v) is 2.51. The summed E-state index contributed by atoms with van der Waals surface area (Å²) in [6.07, 6.45) is 0.566. The van der Waals surface area contributed by atoms with Crippen LogP contribution in [0, 0.1) is 10.1 Å². The maximum absolute atomic E-state index is 12.3. The van der Waals surface area contributed by atoms with Crippen molar-refractivity contribution in [2.75, 3.05) is 20.7 Å². The summed E-state index contributed by atoms with van der Waals surface area (Å²) in [6.45, 7) is 2.35. The second kappa shape index (κ2) is 4.53. The Labute approximate surface area is 111 Å². The van der Waals surface area contributed by atoms with Gasteiger partial charge < -0.3 is 9.64 Å². The quantitative estimate of drug-likeness (QED) is 0.615. The first-order valence-electron chi connectivity index (χ1n) is 5.98. The molecule has 1 heterocycles. The van der Waals surface area contributed by atoms with Gasteiger partial charge in [0.25, 0.3) is 5.69 Å². The van der Waals surface area contributed by atoms with E-state index in [1.165, 1.54) is 19.2 Å². The molecule has 0 aliphatic carbocycles. The lowest BCUT2D eigenvalue weighted by Crippen LogP contribution is -2.34. The lowest BCUT2D eigenvalue weighted by atomic mass is 9.80. The molecular weight excluding hydrogens is 248 g/mol. The van der Waals surface area contributed by atoms with E-state index >= 15 is 0 Å². The van der Waals surface area contributed by atoms with E-state index in [0.29, 0.717) is 24.3 Å². The van der Waals surface area contributed by atoms with Gasteiger partial charge in [-0.2, -0.15) is 0 Å². The summed E-state index contributed by atoms with van der Waals surface area (Å²) in [7, 11) is 3.20. The number of likely N-dealkylation sites (tertiary alicyclic amines) is 1. The number of hydrogen-bond donors (Lipinski definition) is 0. The van der Waals surface area contributed by atoms with Crippen molar-refractivity contribution in [3.05, 3.63) is 33.9 Å². The largest absolute Gasteiger partial charge is 0.497 e. The van der Waals surface area contributed by atoms with Crippen molar-refractivity contribution in [3.8, 4) is 5.75 Å². The van der Waals surface area contributed by atoms with Gasteiger partial charge in [0.05, 0.1) is 17.4 Å². The third-order valence-corrected chi connectivity index (χ3v) is 3.76. The minimum absolute atomic E-state index is 0.0352. The number of nitrogens with zero attached hydrogens (tertiary/aromatic N) is 2. The third-order valence-electron chi connectivity index (χ3n) is 3.76. The van der Waals surface area contributed by atoms with Crippen molar-refractivity contribution >= 4 is 11.6 Å². The fourth-order valence-electron chi connectivity index (χ4n) is 2.51. The molecule has 1 atom stereocenters. The summed E-state index contributed by atoms with van der Waals surface area (Å²) < 4.78 is 5.11. The Hall–Kier alpha value is -2.11. The van der Waals surface area contributed by atoms with Crippen LogP contribution in [0.2, 0.25) is 0 Å². The lowest BCUT2D eigenvalue weighted by molar-refractivity contribution is -0.386. The number of amides is 1. The molecule has 19 heavy (non-hydrogen) atoms. The maximum atomic E-state index is 12.3. The number of carbonyl (C=O) groups excluding carboxylic acids is 1. The number of nitro benzene ring substituents is 1. The minimum Gasteiger partial charge on any atom is -0.497 e. The molecule has 0 spiro atoms. The Balaban J connectivity index is 2.59. The van der Waals surface area contributed by atoms with Gasteiger partial charge in [-0.15, -0.1) is 0 Å². The van der Waals surface area contributed by atoms with E-state index < -0.39 is 10.3 Å². The van der Waals surface area contributed by atoms with Crippen LogP contribution in [0.5, 0.6) is 5.75 Å². The van der Waals surface area contributed by atoms with Crippen LogP contribution in [-0.4, -0.2) is 36.4 Å². The van der Waals surface area contributed by atoms with Crippen LogP contribution in [0.1, 0.15) is 18.9 Å². The molecule has 1 aromatic carbocycles. The molecule has 1 aliphatic heterocycles. The molecule has 6 nitrogen and oxygen atoms in total. The molecule has 1 aliphatic rings. The molecule has 0 bridgehead atoms. The summed E-state index contributed by atoms with van der Waals surface area (Å²) in [5.41, 5.74) is -0.468. The van der Waals surface area contributed by atoms with Crippen LogP contribution >= 0.6 is 0 Å². The fraction of sp³-hybridized carbons (Fsp3) is 0.462. The highest BCUT2D eigenvalue weighted by Gasteiger charge is 2.46. The van der Waals surface area contributed by atoms with Crippen molar-refractivity contribution in [1.82, 2.24) is 4.90 Å². The Morgan fingerprint density at radius 2 is 2.16 bits per heavy atom. The molecule has 0 saturated carbocycles. The molecule has 0 unspecified atom stereocenters. The number of ether oxygens (including phenoxy) is 1. The van der Waals surface area contributed by atoms with E-state index in [9.17, 15) is 14.9 Å². The molecule has 1 fully saturated rings. The van der Waals surface area contributed by atoms with Crippen LogP contribution in [0.15, 0.2) is 18.2 Å². The first-order valence-corrected chi connectivity index (χ1v) is 5.98. The molecule has 0 N–H and O–H groups in total. The zero-order valence-corrected chi connectivity index (χ0v) is 11.2. The predicted octanol–water partition coefficient (Wildman–Crippen LogP) is 1.72. The molecule has 1 amide bonds. The van der Waals surface area contributed by atoms with Crippen molar-refractivity contribution < 1.29 is 14.5 Å². The van der Waals surface area contributed by atoms with Gasteiger partial charge in [-0.25, -0.2) is 0 Å². The number of benzene rings is 1. The summed E-state index contributed by atoms with van der Waals surface area (Å²) in [5, 5.41) is 11.1. The van der Waals surface area contributed by atoms with E-state index in [4.69, 9.17) is 4.74 Å². The van der Waals surface area contributed by atoms with E-state index in [2.05, 4.69) is 0 Å². The smallest absolute Gasteiger partial charge is 0.273 e. The third kappa shape index (κ3) is 2.03. The number of methoxy groups -OCH3 is 1. The zero-order chi connectivity index (χ0) is 14.2. The van der Waals surface area contributed by atoms with Gasteiger partial charge >= 0.3 is 0 Å². The molecular formula is C13H16N2O4. The molecule has 2 rings (SSSR count). The highest BCUT2D eigenvalue weighted by Crippen LogP contribution is 2.41. The van der Waals surface area contributed by atoms with Gasteiger partial charge in [0, 0.05) is 25.2 Å². The Morgan fingerprint density at radius 1 is 1.47 bits per heavy atom. The van der Waals surface area contributed by atoms with Crippen molar-refractivity contribution in [2.24, 2.45) is 0 Å². The Kier molecular flexibility index (Phi) is 3.18. The van der Waals surface area contributed by atoms with Gasteiger partial charge in [-0.05, 0) is 25.5 Å². The predicted molar refractivity (Wildman–Crippen MR) is 69.3 cm³/mol. The monoisotopic (exact) mass is 264 g/mol. The maximum Gasteiger partial charge on any atom is 0.273 e. The zero-order valence-electron chi connectivity index (χ0n) is 11.2. The number of carbonyl (C=O) groups is 1. The summed E-state index contributed by atoms with van der Waals surface area (Å²) >= 11 is 0. The Morgan fingerprint density at radius 3 is 2.63 bits per heavy atom. The van der Waals surface area contributed by atoms with Gasteiger partial charge in [0.2, 0.25) is 5.91 Å². The molecule has 1 aromatic rings. The van der Waals surface area contributed by atoms with Crippen molar-refractivity contribution in [3.63, 3.8) is 0 Å². The average molecular weight is 264 g/mol.